The number of hydrogen-bond acceptors (Lipinski definition) is 4. The van der Waals surface area contributed by atoms with Crippen molar-refractivity contribution >= 4 is 28.9 Å². The molecule has 0 heterocycles. The maximum atomic E-state index is 12.1. The van der Waals surface area contributed by atoms with Gasteiger partial charge in [0.25, 0.3) is 0 Å². The van der Waals surface area contributed by atoms with Gasteiger partial charge in [-0.2, -0.15) is 0 Å². The zero-order valence-corrected chi connectivity index (χ0v) is 13.1. The molecule has 0 aliphatic rings. The van der Waals surface area contributed by atoms with E-state index in [2.05, 4.69) is 0 Å². The zero-order chi connectivity index (χ0) is 15.2. The van der Waals surface area contributed by atoms with E-state index in [0.29, 0.717) is 11.3 Å². The maximum Gasteiger partial charge on any atom is 0.339 e. The molecule has 1 rings (SSSR count). The van der Waals surface area contributed by atoms with Crippen molar-refractivity contribution in [1.29, 1.82) is 0 Å². The maximum absolute atomic E-state index is 12.1. The van der Waals surface area contributed by atoms with Gasteiger partial charge in [0.05, 0.1) is 5.56 Å². The Kier molecular flexibility index (Phi) is 6.02. The standard InChI is InChI=1S/C16H20O3S/c1-12(17)20-11-7-9-13-8-5-6-10-14(13)15(18)19-16(2,3)4/h5-10H,11H2,1-4H3. The predicted molar refractivity (Wildman–Crippen MR) is 83.8 cm³/mol. The van der Waals surface area contributed by atoms with Crippen molar-refractivity contribution in [2.45, 2.75) is 33.3 Å². The molecule has 1 aromatic rings. The molecule has 3 nitrogen and oxygen atoms in total. The molecule has 0 fully saturated rings. The molecule has 0 aliphatic heterocycles. The van der Waals surface area contributed by atoms with E-state index in [1.165, 1.54) is 18.7 Å². The minimum atomic E-state index is -0.515. The summed E-state index contributed by atoms with van der Waals surface area (Å²) in [7, 11) is 0. The van der Waals surface area contributed by atoms with Crippen LogP contribution < -0.4 is 0 Å². The van der Waals surface area contributed by atoms with Crippen molar-refractivity contribution in [3.63, 3.8) is 0 Å². The monoisotopic (exact) mass is 292 g/mol. The van der Waals surface area contributed by atoms with Crippen molar-refractivity contribution in [2.75, 3.05) is 5.75 Å². The Morgan fingerprint density at radius 2 is 1.90 bits per heavy atom. The number of carbonyl (C=O) groups is 2. The largest absolute Gasteiger partial charge is 0.456 e. The van der Waals surface area contributed by atoms with E-state index < -0.39 is 5.60 Å². The molecule has 0 radical (unpaired) electrons. The SMILES string of the molecule is CC(=O)SCC=Cc1ccccc1C(=O)OC(C)(C)C. The lowest BCUT2D eigenvalue weighted by Gasteiger charge is -2.20. The van der Waals surface area contributed by atoms with Crippen molar-refractivity contribution < 1.29 is 14.3 Å². The van der Waals surface area contributed by atoms with E-state index in [0.717, 1.165) is 5.56 Å². The molecule has 20 heavy (non-hydrogen) atoms. The first-order chi connectivity index (χ1) is 9.29. The van der Waals surface area contributed by atoms with Crippen molar-refractivity contribution in [3.05, 3.63) is 41.5 Å². The third-order valence-electron chi connectivity index (χ3n) is 2.26. The third kappa shape index (κ3) is 6.06. The molecule has 108 valence electrons. The molecule has 1 aromatic carbocycles. The summed E-state index contributed by atoms with van der Waals surface area (Å²) in [6.45, 7) is 7.06. The van der Waals surface area contributed by atoms with E-state index in [1.807, 2.05) is 45.1 Å². The summed E-state index contributed by atoms with van der Waals surface area (Å²) in [6.07, 6.45) is 3.71. The molecule has 0 aliphatic carbocycles. The van der Waals surface area contributed by atoms with Crippen LogP contribution in [0.4, 0.5) is 0 Å². The predicted octanol–water partition coefficient (Wildman–Crippen LogP) is 3.93. The van der Waals surface area contributed by atoms with Crippen LogP contribution in [0.5, 0.6) is 0 Å². The highest BCUT2D eigenvalue weighted by atomic mass is 32.2. The molecule has 4 heteroatoms. The number of hydrogen-bond donors (Lipinski definition) is 0. The van der Waals surface area contributed by atoms with Gasteiger partial charge in [-0.25, -0.2) is 4.79 Å². The second-order valence-corrected chi connectivity index (χ2v) is 6.49. The van der Waals surface area contributed by atoms with Crippen molar-refractivity contribution in [3.8, 4) is 0 Å². The minimum Gasteiger partial charge on any atom is -0.456 e. The fourth-order valence-corrected chi connectivity index (χ4v) is 1.93. The molecule has 0 saturated heterocycles. The van der Waals surface area contributed by atoms with Gasteiger partial charge in [-0.1, -0.05) is 42.1 Å². The van der Waals surface area contributed by atoms with Gasteiger partial charge in [0.15, 0.2) is 5.12 Å². The molecule has 0 amide bonds. The Hall–Kier alpha value is -1.55. The number of thioether (sulfide) groups is 1. The quantitative estimate of drug-likeness (QED) is 0.789. The molecular weight excluding hydrogens is 272 g/mol. The average molecular weight is 292 g/mol. The van der Waals surface area contributed by atoms with Gasteiger partial charge in [-0.05, 0) is 32.4 Å². The number of benzene rings is 1. The van der Waals surface area contributed by atoms with Gasteiger partial charge in [0.1, 0.15) is 5.60 Å². The first-order valence-electron chi connectivity index (χ1n) is 6.42. The Labute approximate surface area is 124 Å². The van der Waals surface area contributed by atoms with Gasteiger partial charge in [0.2, 0.25) is 0 Å². The van der Waals surface area contributed by atoms with E-state index in [1.54, 1.807) is 12.1 Å². The summed E-state index contributed by atoms with van der Waals surface area (Å²) >= 11 is 1.23. The third-order valence-corrected chi connectivity index (χ3v) is 3.03. The molecule has 0 unspecified atom stereocenters. The summed E-state index contributed by atoms with van der Waals surface area (Å²) in [4.78, 5) is 22.9. The van der Waals surface area contributed by atoms with Crippen LogP contribution in [0.2, 0.25) is 0 Å². The van der Waals surface area contributed by atoms with Gasteiger partial charge in [-0.15, -0.1) is 0 Å². The highest BCUT2D eigenvalue weighted by molar-refractivity contribution is 8.13. The van der Waals surface area contributed by atoms with Crippen LogP contribution in [0.3, 0.4) is 0 Å². The fourth-order valence-electron chi connectivity index (χ4n) is 1.50. The molecule has 0 saturated carbocycles. The summed E-state index contributed by atoms with van der Waals surface area (Å²) in [5.41, 5.74) is 0.815. The van der Waals surface area contributed by atoms with Crippen LogP contribution in [0.15, 0.2) is 30.3 Å². The number of ether oxygens (including phenoxy) is 1. The first-order valence-corrected chi connectivity index (χ1v) is 7.40. The fraction of sp³-hybridized carbons (Fsp3) is 0.375. The Morgan fingerprint density at radius 1 is 1.25 bits per heavy atom. The van der Waals surface area contributed by atoms with E-state index in [-0.39, 0.29) is 11.1 Å². The number of esters is 1. The zero-order valence-electron chi connectivity index (χ0n) is 12.3. The topological polar surface area (TPSA) is 43.4 Å². The summed E-state index contributed by atoms with van der Waals surface area (Å²) in [5.74, 6) is 0.259. The normalized spacial score (nSPS) is 11.6. The van der Waals surface area contributed by atoms with Gasteiger partial charge >= 0.3 is 5.97 Å². The molecule has 0 aromatic heterocycles. The van der Waals surface area contributed by atoms with E-state index >= 15 is 0 Å². The van der Waals surface area contributed by atoms with Crippen LogP contribution in [-0.4, -0.2) is 22.4 Å². The van der Waals surface area contributed by atoms with E-state index in [9.17, 15) is 9.59 Å². The number of carbonyl (C=O) groups excluding carboxylic acids is 2. The summed E-state index contributed by atoms with van der Waals surface area (Å²) in [5, 5.41) is 0.0788. The first kappa shape index (κ1) is 16.5. The Balaban J connectivity index is 2.83. The van der Waals surface area contributed by atoms with Crippen LogP contribution in [0.25, 0.3) is 6.08 Å². The molecular formula is C16H20O3S. The minimum absolute atomic E-state index is 0.0788. The molecule has 0 bridgehead atoms. The van der Waals surface area contributed by atoms with E-state index in [4.69, 9.17) is 4.74 Å². The van der Waals surface area contributed by atoms with Crippen LogP contribution in [-0.2, 0) is 9.53 Å². The summed E-state index contributed by atoms with van der Waals surface area (Å²) in [6, 6.07) is 7.27. The summed E-state index contributed by atoms with van der Waals surface area (Å²) < 4.78 is 5.38. The second kappa shape index (κ2) is 7.29. The molecule has 0 N–H and O–H groups in total. The van der Waals surface area contributed by atoms with Gasteiger partial charge in [-0.3, -0.25) is 4.79 Å². The van der Waals surface area contributed by atoms with Gasteiger partial charge < -0.3 is 4.74 Å². The van der Waals surface area contributed by atoms with Gasteiger partial charge in [0, 0.05) is 12.7 Å². The van der Waals surface area contributed by atoms with Crippen LogP contribution in [0, 0.1) is 0 Å². The highest BCUT2D eigenvalue weighted by Crippen LogP contribution is 2.17. The lowest BCUT2D eigenvalue weighted by Crippen LogP contribution is -2.24. The Bertz CT molecular complexity index is 513. The van der Waals surface area contributed by atoms with Crippen molar-refractivity contribution in [1.82, 2.24) is 0 Å². The molecule has 0 atom stereocenters. The lowest BCUT2D eigenvalue weighted by molar-refractivity contribution is -0.109. The average Bonchev–Trinajstić information content (AvgIpc) is 2.32. The smallest absolute Gasteiger partial charge is 0.339 e. The highest BCUT2D eigenvalue weighted by Gasteiger charge is 2.19. The Morgan fingerprint density at radius 3 is 2.50 bits per heavy atom. The second-order valence-electron chi connectivity index (χ2n) is 5.29. The van der Waals surface area contributed by atoms with Crippen LogP contribution >= 0.6 is 11.8 Å². The van der Waals surface area contributed by atoms with Crippen LogP contribution in [0.1, 0.15) is 43.6 Å². The van der Waals surface area contributed by atoms with Crippen molar-refractivity contribution in [2.24, 2.45) is 0 Å². The lowest BCUT2D eigenvalue weighted by atomic mass is 10.1. The number of rotatable bonds is 4. The molecule has 0 spiro atoms.